The predicted molar refractivity (Wildman–Crippen MR) is 55.1 cm³/mol. The van der Waals surface area contributed by atoms with E-state index in [1.54, 1.807) is 13.0 Å². The van der Waals surface area contributed by atoms with Gasteiger partial charge in [-0.1, -0.05) is 6.08 Å². The molecule has 0 radical (unpaired) electrons. The predicted octanol–water partition coefficient (Wildman–Crippen LogP) is 0.234. The Bertz CT molecular complexity index is 414. The molecule has 0 aromatic carbocycles. The van der Waals surface area contributed by atoms with E-state index in [0.717, 1.165) is 0 Å². The monoisotopic (exact) mass is 221 g/mol. The van der Waals surface area contributed by atoms with E-state index < -0.39 is 17.7 Å². The molecule has 0 aromatic rings. The number of esters is 1. The molecule has 0 heterocycles. The molecule has 0 spiro atoms. The van der Waals surface area contributed by atoms with Gasteiger partial charge in [-0.05, 0) is 19.4 Å². The van der Waals surface area contributed by atoms with Crippen LogP contribution in [-0.2, 0) is 19.1 Å². The molecule has 0 bridgehead atoms. The highest BCUT2D eigenvalue weighted by molar-refractivity contribution is 6.33. The number of ketones is 1. The first-order chi connectivity index (χ1) is 7.65. The molecule has 1 rings (SSSR count). The van der Waals surface area contributed by atoms with Crippen LogP contribution in [0.25, 0.3) is 0 Å². The molecule has 1 aliphatic rings. The van der Waals surface area contributed by atoms with E-state index in [9.17, 15) is 14.4 Å². The van der Waals surface area contributed by atoms with Crippen molar-refractivity contribution in [3.63, 3.8) is 0 Å². The number of allylic oxidation sites excluding steroid dienone is 2. The lowest BCUT2D eigenvalue weighted by Gasteiger charge is -2.05. The van der Waals surface area contributed by atoms with Crippen LogP contribution in [0.1, 0.15) is 13.3 Å². The number of amides is 1. The number of carbonyl (C=O) groups excluding carboxylic acids is 3. The second kappa shape index (κ2) is 5.68. The first kappa shape index (κ1) is 11.9. The summed E-state index contributed by atoms with van der Waals surface area (Å²) in [6.45, 7) is 1.70. The maximum Gasteiger partial charge on any atom is 0.397 e. The standard InChI is InChI=1S/C11H11NO4/c1-2-16-11(15)10(14)12-8-6-4-3-5-7-9(8)13/h3,6-7H,2,4H2,1H3,(H,12,14). The molecular formula is C11H11NO4. The van der Waals surface area contributed by atoms with Crippen molar-refractivity contribution < 1.29 is 19.1 Å². The molecule has 0 saturated heterocycles. The van der Waals surface area contributed by atoms with Crippen LogP contribution in [0.3, 0.4) is 0 Å². The van der Waals surface area contributed by atoms with Gasteiger partial charge in [0.05, 0.1) is 12.3 Å². The number of nitrogens with one attached hydrogen (secondary N) is 1. The SMILES string of the molecule is CCOC(=O)C(=O)NC1=CCC=C=CC1=O. The largest absolute Gasteiger partial charge is 0.459 e. The van der Waals surface area contributed by atoms with Gasteiger partial charge in [0.15, 0.2) is 0 Å². The summed E-state index contributed by atoms with van der Waals surface area (Å²) >= 11 is 0. The Kier molecular flexibility index (Phi) is 4.24. The third-order valence-corrected chi connectivity index (χ3v) is 1.75. The van der Waals surface area contributed by atoms with Crippen LogP contribution in [0.4, 0.5) is 0 Å². The molecule has 0 aliphatic heterocycles. The van der Waals surface area contributed by atoms with Gasteiger partial charge >= 0.3 is 11.9 Å². The van der Waals surface area contributed by atoms with Gasteiger partial charge in [-0.3, -0.25) is 9.59 Å². The second-order valence-corrected chi connectivity index (χ2v) is 2.91. The van der Waals surface area contributed by atoms with E-state index in [4.69, 9.17) is 0 Å². The van der Waals surface area contributed by atoms with Gasteiger partial charge in [-0.25, -0.2) is 4.79 Å². The summed E-state index contributed by atoms with van der Waals surface area (Å²) in [5.41, 5.74) is 2.70. The second-order valence-electron chi connectivity index (χ2n) is 2.91. The first-order valence-electron chi connectivity index (χ1n) is 4.78. The summed E-state index contributed by atoms with van der Waals surface area (Å²) in [5, 5.41) is 2.20. The third kappa shape index (κ3) is 3.22. The van der Waals surface area contributed by atoms with Crippen LogP contribution >= 0.6 is 0 Å². The van der Waals surface area contributed by atoms with Crippen LogP contribution < -0.4 is 5.32 Å². The fourth-order valence-electron chi connectivity index (χ4n) is 1.04. The highest BCUT2D eigenvalue weighted by Crippen LogP contribution is 2.01. The van der Waals surface area contributed by atoms with Gasteiger partial charge in [0.25, 0.3) is 0 Å². The number of hydrogen-bond donors (Lipinski definition) is 1. The fraction of sp³-hybridized carbons (Fsp3) is 0.273. The summed E-state index contributed by atoms with van der Waals surface area (Å²) in [6, 6.07) is 0. The molecule has 0 aromatic heterocycles. The smallest absolute Gasteiger partial charge is 0.397 e. The van der Waals surface area contributed by atoms with Gasteiger partial charge in [-0.15, -0.1) is 5.73 Å². The van der Waals surface area contributed by atoms with Gasteiger partial charge in [0, 0.05) is 6.08 Å². The summed E-state index contributed by atoms with van der Waals surface area (Å²) in [7, 11) is 0. The van der Waals surface area contributed by atoms with Gasteiger partial charge in [0.1, 0.15) is 0 Å². The molecule has 16 heavy (non-hydrogen) atoms. The Hall–Kier alpha value is -2.13. The number of ether oxygens (including phenoxy) is 1. The summed E-state index contributed by atoms with van der Waals surface area (Å²) in [6.07, 6.45) is 4.82. The minimum atomic E-state index is -1.00. The first-order valence-corrected chi connectivity index (χ1v) is 4.78. The van der Waals surface area contributed by atoms with Crippen LogP contribution in [0.5, 0.6) is 0 Å². The van der Waals surface area contributed by atoms with Crippen molar-refractivity contribution in [3.8, 4) is 0 Å². The van der Waals surface area contributed by atoms with E-state index in [-0.39, 0.29) is 12.3 Å². The zero-order valence-corrected chi connectivity index (χ0v) is 8.78. The van der Waals surface area contributed by atoms with Crippen molar-refractivity contribution in [1.29, 1.82) is 0 Å². The maximum absolute atomic E-state index is 11.4. The molecule has 84 valence electrons. The molecule has 0 saturated carbocycles. The quantitative estimate of drug-likeness (QED) is 0.411. The van der Waals surface area contributed by atoms with Crippen LogP contribution in [0.2, 0.25) is 0 Å². The zero-order valence-electron chi connectivity index (χ0n) is 8.78. The van der Waals surface area contributed by atoms with Crippen molar-refractivity contribution in [2.45, 2.75) is 13.3 Å². The van der Waals surface area contributed by atoms with E-state index in [1.165, 1.54) is 12.2 Å². The van der Waals surface area contributed by atoms with E-state index >= 15 is 0 Å². The van der Waals surface area contributed by atoms with E-state index in [1.807, 2.05) is 0 Å². The number of carbonyl (C=O) groups is 3. The average Bonchev–Trinajstić information content (AvgIpc) is 2.45. The summed E-state index contributed by atoms with van der Waals surface area (Å²) < 4.78 is 4.49. The maximum atomic E-state index is 11.4. The minimum absolute atomic E-state index is 0.0688. The summed E-state index contributed by atoms with van der Waals surface area (Å²) in [5.74, 6) is -2.35. The number of rotatable bonds is 2. The topological polar surface area (TPSA) is 72.5 Å². The Morgan fingerprint density at radius 2 is 2.31 bits per heavy atom. The Morgan fingerprint density at radius 3 is 3.00 bits per heavy atom. The molecule has 1 N–H and O–H groups in total. The molecule has 1 aliphatic carbocycles. The molecule has 5 nitrogen and oxygen atoms in total. The minimum Gasteiger partial charge on any atom is -0.459 e. The van der Waals surface area contributed by atoms with Crippen molar-refractivity contribution in [1.82, 2.24) is 5.32 Å². The lowest BCUT2D eigenvalue weighted by Crippen LogP contribution is -2.34. The average molecular weight is 221 g/mol. The Morgan fingerprint density at radius 1 is 1.56 bits per heavy atom. The molecule has 0 unspecified atom stereocenters. The highest BCUT2D eigenvalue weighted by atomic mass is 16.5. The Balaban J connectivity index is 2.64. The molecule has 0 atom stereocenters. The molecule has 0 fully saturated rings. The third-order valence-electron chi connectivity index (χ3n) is 1.75. The zero-order chi connectivity index (χ0) is 12.0. The summed E-state index contributed by atoms with van der Waals surface area (Å²) in [4.78, 5) is 33.6. The van der Waals surface area contributed by atoms with Crippen molar-refractivity contribution in [2.24, 2.45) is 0 Å². The van der Waals surface area contributed by atoms with Crippen molar-refractivity contribution in [2.75, 3.05) is 6.61 Å². The van der Waals surface area contributed by atoms with Crippen LogP contribution in [0.15, 0.2) is 29.7 Å². The lowest BCUT2D eigenvalue weighted by molar-refractivity contribution is -0.154. The molecule has 1 amide bonds. The highest BCUT2D eigenvalue weighted by Gasteiger charge is 2.18. The van der Waals surface area contributed by atoms with Gasteiger partial charge in [-0.2, -0.15) is 0 Å². The molecule has 5 heteroatoms. The van der Waals surface area contributed by atoms with E-state index in [2.05, 4.69) is 15.8 Å². The Labute approximate surface area is 92.5 Å². The van der Waals surface area contributed by atoms with E-state index in [0.29, 0.717) is 6.42 Å². The van der Waals surface area contributed by atoms with Gasteiger partial charge in [0.2, 0.25) is 5.78 Å². The normalized spacial score (nSPS) is 14.1. The van der Waals surface area contributed by atoms with Crippen LogP contribution in [-0.4, -0.2) is 24.3 Å². The lowest BCUT2D eigenvalue weighted by atomic mass is 10.2. The van der Waals surface area contributed by atoms with Crippen molar-refractivity contribution >= 4 is 17.7 Å². The molecular weight excluding hydrogens is 210 g/mol. The fourth-order valence-corrected chi connectivity index (χ4v) is 1.04. The van der Waals surface area contributed by atoms with Crippen LogP contribution in [0, 0.1) is 0 Å². The van der Waals surface area contributed by atoms with Crippen molar-refractivity contribution in [3.05, 3.63) is 29.7 Å². The number of hydrogen-bond acceptors (Lipinski definition) is 4. The van der Waals surface area contributed by atoms with Gasteiger partial charge < -0.3 is 10.1 Å².